The zero-order valence-corrected chi connectivity index (χ0v) is 14.8. The van der Waals surface area contributed by atoms with Crippen molar-refractivity contribution < 1.29 is 21.6 Å². The molecule has 0 amide bonds. The van der Waals surface area contributed by atoms with Gasteiger partial charge in [-0.2, -0.15) is 0 Å². The highest BCUT2D eigenvalue weighted by atomic mass is 35.5. The molecule has 0 aromatic heterocycles. The second-order valence-corrected chi connectivity index (χ2v) is 8.56. The topological polar surface area (TPSA) is 72.2 Å². The molecule has 1 saturated heterocycles. The smallest absolute Gasteiger partial charge is 0.266 e. The fourth-order valence-electron chi connectivity index (χ4n) is 3.57. The summed E-state index contributed by atoms with van der Waals surface area (Å²) in [5, 5.41) is 7.73. The van der Waals surface area contributed by atoms with Crippen LogP contribution in [-0.4, -0.2) is 31.7 Å². The predicted molar refractivity (Wildman–Crippen MR) is 87.7 cm³/mol. The molecule has 1 aromatic rings. The van der Waals surface area contributed by atoms with Gasteiger partial charge in [-0.15, -0.1) is 12.4 Å². The zero-order valence-electron chi connectivity index (χ0n) is 12.4. The molecule has 2 fully saturated rings. The standard InChI is InChI=1S/C14H16ClF3N2O2S.ClH/c15-9-3-1-2-8(11(9)16)6-10-12(14(17,18)7-20-10)13(4-5-13)23(19,21)22;/h1-3,10,12,20H,4-7H2,(H2,19,21,22);1H/t10-,12-;/m0./s1. The van der Waals surface area contributed by atoms with Gasteiger partial charge in [-0.3, -0.25) is 0 Å². The van der Waals surface area contributed by atoms with E-state index in [4.69, 9.17) is 16.7 Å². The minimum Gasteiger partial charge on any atom is -0.307 e. The summed E-state index contributed by atoms with van der Waals surface area (Å²) in [4.78, 5) is 0. The Labute approximate surface area is 149 Å². The van der Waals surface area contributed by atoms with Gasteiger partial charge in [-0.05, 0) is 30.9 Å². The Morgan fingerprint density at radius 1 is 1.33 bits per heavy atom. The molecule has 0 spiro atoms. The second-order valence-electron chi connectivity index (χ2n) is 6.25. The Morgan fingerprint density at radius 2 is 1.96 bits per heavy atom. The maximum Gasteiger partial charge on any atom is 0.266 e. The van der Waals surface area contributed by atoms with Crippen LogP contribution in [0.1, 0.15) is 18.4 Å². The number of hydrogen-bond donors (Lipinski definition) is 2. The number of nitrogens with one attached hydrogen (secondary N) is 1. The summed E-state index contributed by atoms with van der Waals surface area (Å²) in [6.07, 6.45) is 0.120. The van der Waals surface area contributed by atoms with Crippen LogP contribution >= 0.6 is 24.0 Å². The van der Waals surface area contributed by atoms with Gasteiger partial charge in [0.2, 0.25) is 10.0 Å². The molecule has 4 nitrogen and oxygen atoms in total. The van der Waals surface area contributed by atoms with Crippen LogP contribution in [0.15, 0.2) is 18.2 Å². The first-order valence-corrected chi connectivity index (χ1v) is 9.07. The van der Waals surface area contributed by atoms with Gasteiger partial charge in [0.15, 0.2) is 0 Å². The molecule has 0 radical (unpaired) electrons. The maximum absolute atomic E-state index is 14.3. The first-order valence-electron chi connectivity index (χ1n) is 7.15. The fraction of sp³-hybridized carbons (Fsp3) is 0.571. The van der Waals surface area contributed by atoms with Crippen molar-refractivity contribution in [3.8, 4) is 0 Å². The fourth-order valence-corrected chi connectivity index (χ4v) is 5.13. The van der Waals surface area contributed by atoms with Crippen molar-refractivity contribution >= 4 is 34.0 Å². The number of nitrogens with two attached hydrogens (primary N) is 1. The molecular formula is C14H17Cl2F3N2O2S. The number of hydrogen-bond acceptors (Lipinski definition) is 3. The summed E-state index contributed by atoms with van der Waals surface area (Å²) in [5.74, 6) is -5.38. The van der Waals surface area contributed by atoms with E-state index in [-0.39, 0.29) is 42.3 Å². The van der Waals surface area contributed by atoms with E-state index < -0.39 is 45.0 Å². The molecule has 0 unspecified atom stereocenters. The lowest BCUT2D eigenvalue weighted by atomic mass is 9.87. The van der Waals surface area contributed by atoms with Crippen LogP contribution in [0, 0.1) is 11.7 Å². The van der Waals surface area contributed by atoms with E-state index in [0.717, 1.165) is 0 Å². The van der Waals surface area contributed by atoms with Gasteiger partial charge >= 0.3 is 0 Å². The van der Waals surface area contributed by atoms with Crippen LogP contribution in [-0.2, 0) is 16.4 Å². The van der Waals surface area contributed by atoms with Crippen molar-refractivity contribution in [2.45, 2.75) is 36.0 Å². The Morgan fingerprint density at radius 3 is 2.50 bits per heavy atom. The molecule has 3 rings (SSSR count). The summed E-state index contributed by atoms with van der Waals surface area (Å²) >= 11 is 5.71. The zero-order chi connectivity index (χ0) is 17.0. The van der Waals surface area contributed by atoms with Gasteiger partial charge in [0.05, 0.1) is 22.2 Å². The summed E-state index contributed by atoms with van der Waals surface area (Å²) < 4.78 is 64.7. The quantitative estimate of drug-likeness (QED) is 0.809. The normalized spacial score (nSPS) is 27.5. The SMILES string of the molecule is Cl.NS(=O)(=O)C1([C@@H]2[C@H](Cc3cccc(Cl)c3F)NCC2(F)F)CC1. The van der Waals surface area contributed by atoms with Crippen LogP contribution in [0.3, 0.4) is 0 Å². The highest BCUT2D eigenvalue weighted by molar-refractivity contribution is 7.90. The van der Waals surface area contributed by atoms with E-state index in [2.05, 4.69) is 5.32 Å². The molecule has 10 heteroatoms. The van der Waals surface area contributed by atoms with Gasteiger partial charge in [-0.25, -0.2) is 26.7 Å². The first kappa shape index (κ1) is 19.8. The predicted octanol–water partition coefficient (Wildman–Crippen LogP) is 2.49. The van der Waals surface area contributed by atoms with Crippen molar-refractivity contribution in [1.29, 1.82) is 0 Å². The van der Waals surface area contributed by atoms with Crippen LogP contribution in [0.25, 0.3) is 0 Å². The molecule has 3 N–H and O–H groups in total. The monoisotopic (exact) mass is 404 g/mol. The molecule has 2 atom stereocenters. The van der Waals surface area contributed by atoms with Crippen molar-refractivity contribution in [3.63, 3.8) is 0 Å². The molecule has 1 aromatic carbocycles. The van der Waals surface area contributed by atoms with Crippen LogP contribution in [0.4, 0.5) is 13.2 Å². The highest BCUT2D eigenvalue weighted by Gasteiger charge is 2.69. The van der Waals surface area contributed by atoms with Crippen molar-refractivity contribution in [1.82, 2.24) is 5.32 Å². The summed E-state index contributed by atoms with van der Waals surface area (Å²) in [6, 6.07) is 3.45. The Balaban J connectivity index is 0.00000208. The van der Waals surface area contributed by atoms with E-state index in [1.165, 1.54) is 18.2 Å². The molecule has 2 aliphatic rings. The summed E-state index contributed by atoms with van der Waals surface area (Å²) in [7, 11) is -4.13. The van der Waals surface area contributed by atoms with E-state index >= 15 is 0 Å². The number of halogens is 5. The second kappa shape index (κ2) is 6.32. The van der Waals surface area contributed by atoms with Gasteiger partial charge < -0.3 is 5.32 Å². The number of sulfonamides is 1. The van der Waals surface area contributed by atoms with Crippen molar-refractivity contribution in [2.75, 3.05) is 6.54 Å². The summed E-state index contributed by atoms with van der Waals surface area (Å²) in [5.41, 5.74) is 0.169. The summed E-state index contributed by atoms with van der Waals surface area (Å²) in [6.45, 7) is -0.651. The first-order chi connectivity index (χ1) is 10.6. The third-order valence-electron chi connectivity index (χ3n) is 4.80. The number of rotatable bonds is 4. The third kappa shape index (κ3) is 3.14. The minimum absolute atomic E-state index is 0. The lowest BCUT2D eigenvalue weighted by Crippen LogP contribution is -2.49. The number of alkyl halides is 2. The van der Waals surface area contributed by atoms with Gasteiger partial charge in [0.1, 0.15) is 5.82 Å². The number of primary sulfonamides is 1. The highest BCUT2D eigenvalue weighted by Crippen LogP contribution is 2.56. The molecule has 136 valence electrons. The Hall–Kier alpha value is -0.540. The molecule has 24 heavy (non-hydrogen) atoms. The van der Waals surface area contributed by atoms with E-state index in [1.807, 2.05) is 0 Å². The van der Waals surface area contributed by atoms with Crippen LogP contribution < -0.4 is 10.5 Å². The maximum atomic E-state index is 14.3. The molecule has 1 saturated carbocycles. The minimum atomic E-state index is -4.13. The Bertz CT molecular complexity index is 742. The van der Waals surface area contributed by atoms with Crippen molar-refractivity contribution in [3.05, 3.63) is 34.6 Å². The average molecular weight is 405 g/mol. The van der Waals surface area contributed by atoms with Gasteiger partial charge in [0, 0.05) is 6.04 Å². The van der Waals surface area contributed by atoms with E-state index in [9.17, 15) is 21.6 Å². The Kier molecular flexibility index (Phi) is 5.21. The molecule has 1 aliphatic carbocycles. The lowest BCUT2D eigenvalue weighted by molar-refractivity contribution is -0.0322. The van der Waals surface area contributed by atoms with Crippen LogP contribution in [0.5, 0.6) is 0 Å². The lowest BCUT2D eigenvalue weighted by Gasteiger charge is -2.30. The number of benzene rings is 1. The third-order valence-corrected chi connectivity index (χ3v) is 6.89. The van der Waals surface area contributed by atoms with Crippen LogP contribution in [0.2, 0.25) is 5.02 Å². The molecule has 1 aliphatic heterocycles. The molecule has 1 heterocycles. The van der Waals surface area contributed by atoms with E-state index in [1.54, 1.807) is 0 Å². The largest absolute Gasteiger partial charge is 0.307 e. The average Bonchev–Trinajstić information content (AvgIpc) is 3.17. The molecule has 0 bridgehead atoms. The van der Waals surface area contributed by atoms with Gasteiger partial charge in [-0.1, -0.05) is 23.7 Å². The van der Waals surface area contributed by atoms with E-state index in [0.29, 0.717) is 0 Å². The van der Waals surface area contributed by atoms with Crippen molar-refractivity contribution in [2.24, 2.45) is 11.1 Å². The van der Waals surface area contributed by atoms with Gasteiger partial charge in [0.25, 0.3) is 5.92 Å². The molecular weight excluding hydrogens is 388 g/mol.